The van der Waals surface area contributed by atoms with Crippen LogP contribution in [0.5, 0.6) is 0 Å². The van der Waals surface area contributed by atoms with Crippen LogP contribution in [0.4, 0.5) is 5.69 Å². The van der Waals surface area contributed by atoms with E-state index in [0.29, 0.717) is 15.7 Å². The fraction of sp³-hybridized carbons (Fsp3) is 0.533. The molecule has 0 radical (unpaired) electrons. The van der Waals surface area contributed by atoms with Gasteiger partial charge in [-0.3, -0.25) is 4.79 Å². The number of anilines is 1. The van der Waals surface area contributed by atoms with Gasteiger partial charge in [0.1, 0.15) is 0 Å². The van der Waals surface area contributed by atoms with Crippen molar-refractivity contribution in [2.45, 2.75) is 32.6 Å². The third kappa shape index (κ3) is 3.46. The zero-order valence-electron chi connectivity index (χ0n) is 11.6. The molecule has 1 aromatic rings. The summed E-state index contributed by atoms with van der Waals surface area (Å²) < 4.78 is 0. The predicted molar refractivity (Wildman–Crippen MR) is 84.5 cm³/mol. The van der Waals surface area contributed by atoms with Crippen LogP contribution >= 0.6 is 23.2 Å². The average Bonchev–Trinajstić information content (AvgIpc) is 2.43. The summed E-state index contributed by atoms with van der Waals surface area (Å²) in [4.78, 5) is 12.7. The summed E-state index contributed by atoms with van der Waals surface area (Å²) in [6, 6.07) is 5.13. The Labute approximate surface area is 130 Å². The van der Waals surface area contributed by atoms with Crippen LogP contribution in [0.15, 0.2) is 18.2 Å². The smallest absolute Gasteiger partial charge is 0.230 e. The zero-order valence-corrected chi connectivity index (χ0v) is 13.2. The molecule has 0 atom stereocenters. The van der Waals surface area contributed by atoms with Crippen LogP contribution in [0.2, 0.25) is 10.0 Å². The van der Waals surface area contributed by atoms with Gasteiger partial charge in [0.25, 0.3) is 0 Å². The number of hydrogen-bond acceptors (Lipinski definition) is 2. The number of carbonyl (C=O) groups is 1. The summed E-state index contributed by atoms with van der Waals surface area (Å²) in [5, 5.41) is 7.33. The molecule has 20 heavy (non-hydrogen) atoms. The lowest BCUT2D eigenvalue weighted by molar-refractivity contribution is -0.127. The highest BCUT2D eigenvalue weighted by atomic mass is 35.5. The van der Waals surface area contributed by atoms with Gasteiger partial charge in [0.15, 0.2) is 0 Å². The van der Waals surface area contributed by atoms with Crippen molar-refractivity contribution < 1.29 is 4.79 Å². The standard InChI is InChI=1S/C15H20Cl2N2O/c1-2-5-15(6-8-18-9-7-15)14(20)19-13-4-3-11(16)10-12(13)17/h3-4,10,18H,2,5-9H2,1H3,(H,19,20). The second-order valence-corrected chi connectivity index (χ2v) is 6.20. The number of nitrogens with one attached hydrogen (secondary N) is 2. The quantitative estimate of drug-likeness (QED) is 0.878. The van der Waals surface area contributed by atoms with Crippen molar-refractivity contribution >= 4 is 34.8 Å². The Bertz CT molecular complexity index is 479. The normalized spacial score (nSPS) is 17.8. The third-order valence-electron chi connectivity index (χ3n) is 3.95. The van der Waals surface area contributed by atoms with Crippen molar-refractivity contribution in [3.05, 3.63) is 28.2 Å². The van der Waals surface area contributed by atoms with E-state index in [1.54, 1.807) is 18.2 Å². The van der Waals surface area contributed by atoms with Gasteiger partial charge in [-0.25, -0.2) is 0 Å². The minimum Gasteiger partial charge on any atom is -0.324 e. The maximum absolute atomic E-state index is 12.7. The van der Waals surface area contributed by atoms with Gasteiger partial charge in [-0.15, -0.1) is 0 Å². The maximum atomic E-state index is 12.7. The first-order chi connectivity index (χ1) is 9.57. The lowest BCUT2D eigenvalue weighted by Gasteiger charge is -2.36. The lowest BCUT2D eigenvalue weighted by atomic mass is 9.74. The van der Waals surface area contributed by atoms with Crippen LogP contribution in [0.3, 0.4) is 0 Å². The van der Waals surface area contributed by atoms with Crippen LogP contribution in [0.25, 0.3) is 0 Å². The number of hydrogen-bond donors (Lipinski definition) is 2. The molecule has 0 saturated carbocycles. The van der Waals surface area contributed by atoms with Gasteiger partial charge in [0.2, 0.25) is 5.91 Å². The van der Waals surface area contributed by atoms with E-state index in [1.165, 1.54) is 0 Å². The second-order valence-electron chi connectivity index (χ2n) is 5.36. The van der Waals surface area contributed by atoms with E-state index in [2.05, 4.69) is 17.6 Å². The number of carbonyl (C=O) groups excluding carboxylic acids is 1. The van der Waals surface area contributed by atoms with Gasteiger partial charge in [0.05, 0.1) is 16.1 Å². The van der Waals surface area contributed by atoms with Crippen LogP contribution in [0.1, 0.15) is 32.6 Å². The summed E-state index contributed by atoms with van der Waals surface area (Å²) in [7, 11) is 0. The van der Waals surface area contributed by atoms with Crippen LogP contribution in [0, 0.1) is 5.41 Å². The van der Waals surface area contributed by atoms with Gasteiger partial charge >= 0.3 is 0 Å². The Morgan fingerprint density at radius 1 is 1.35 bits per heavy atom. The van der Waals surface area contributed by atoms with Crippen LogP contribution in [-0.2, 0) is 4.79 Å². The fourth-order valence-electron chi connectivity index (χ4n) is 2.82. The van der Waals surface area contributed by atoms with Gasteiger partial charge in [-0.2, -0.15) is 0 Å². The monoisotopic (exact) mass is 314 g/mol. The van der Waals surface area contributed by atoms with E-state index >= 15 is 0 Å². The molecule has 0 aliphatic carbocycles. The molecule has 1 saturated heterocycles. The molecule has 0 unspecified atom stereocenters. The summed E-state index contributed by atoms with van der Waals surface area (Å²) in [6.45, 7) is 3.90. The summed E-state index contributed by atoms with van der Waals surface area (Å²) in [6.07, 6.45) is 3.66. The molecule has 1 fully saturated rings. The fourth-order valence-corrected chi connectivity index (χ4v) is 3.28. The van der Waals surface area contributed by atoms with Gasteiger partial charge in [-0.1, -0.05) is 36.5 Å². The Balaban J connectivity index is 2.15. The van der Waals surface area contributed by atoms with Crippen molar-refractivity contribution in [3.63, 3.8) is 0 Å². The van der Waals surface area contributed by atoms with Crippen molar-refractivity contribution in [3.8, 4) is 0 Å². The zero-order chi connectivity index (χ0) is 14.6. The molecule has 1 aliphatic heterocycles. The predicted octanol–water partition coefficient (Wildman–Crippen LogP) is 4.10. The molecule has 3 nitrogen and oxygen atoms in total. The highest BCUT2D eigenvalue weighted by Gasteiger charge is 2.38. The van der Waals surface area contributed by atoms with E-state index in [-0.39, 0.29) is 11.3 Å². The van der Waals surface area contributed by atoms with E-state index in [0.717, 1.165) is 38.8 Å². The molecular formula is C15H20Cl2N2O. The number of benzene rings is 1. The van der Waals surface area contributed by atoms with Gasteiger partial charge < -0.3 is 10.6 Å². The third-order valence-corrected chi connectivity index (χ3v) is 4.50. The highest BCUT2D eigenvalue weighted by Crippen LogP contribution is 2.36. The molecule has 0 spiro atoms. The molecule has 1 amide bonds. The first-order valence-corrected chi connectivity index (χ1v) is 7.80. The Morgan fingerprint density at radius 2 is 2.05 bits per heavy atom. The SMILES string of the molecule is CCCC1(C(=O)Nc2ccc(Cl)cc2Cl)CCNCC1. The first kappa shape index (κ1) is 15.6. The molecule has 2 rings (SSSR count). The molecule has 0 aromatic heterocycles. The largest absolute Gasteiger partial charge is 0.324 e. The van der Waals surface area contributed by atoms with E-state index < -0.39 is 0 Å². The van der Waals surface area contributed by atoms with Crippen LogP contribution < -0.4 is 10.6 Å². The second kappa shape index (κ2) is 6.79. The Hall–Kier alpha value is -0.770. The molecule has 1 aromatic carbocycles. The number of piperidine rings is 1. The van der Waals surface area contributed by atoms with Crippen molar-refractivity contribution in [1.29, 1.82) is 0 Å². The van der Waals surface area contributed by atoms with E-state index in [1.807, 2.05) is 0 Å². The molecule has 110 valence electrons. The van der Waals surface area contributed by atoms with Crippen molar-refractivity contribution in [2.75, 3.05) is 18.4 Å². The number of amides is 1. The Kier molecular flexibility index (Phi) is 5.30. The highest BCUT2D eigenvalue weighted by molar-refractivity contribution is 6.36. The summed E-state index contributed by atoms with van der Waals surface area (Å²) in [5.74, 6) is 0.0741. The number of halogens is 2. The summed E-state index contributed by atoms with van der Waals surface area (Å²) >= 11 is 12.0. The molecule has 2 N–H and O–H groups in total. The maximum Gasteiger partial charge on any atom is 0.230 e. The van der Waals surface area contributed by atoms with Gasteiger partial charge in [0, 0.05) is 5.02 Å². The van der Waals surface area contributed by atoms with E-state index in [4.69, 9.17) is 23.2 Å². The summed E-state index contributed by atoms with van der Waals surface area (Å²) in [5.41, 5.74) is 0.359. The van der Waals surface area contributed by atoms with Gasteiger partial charge in [-0.05, 0) is 50.6 Å². The molecule has 5 heteroatoms. The lowest BCUT2D eigenvalue weighted by Crippen LogP contribution is -2.44. The molecule has 1 aliphatic rings. The molecule has 1 heterocycles. The van der Waals surface area contributed by atoms with Crippen molar-refractivity contribution in [1.82, 2.24) is 5.32 Å². The first-order valence-electron chi connectivity index (χ1n) is 7.04. The topological polar surface area (TPSA) is 41.1 Å². The minimum atomic E-state index is -0.275. The Morgan fingerprint density at radius 3 is 2.65 bits per heavy atom. The minimum absolute atomic E-state index is 0.0741. The average molecular weight is 315 g/mol. The van der Waals surface area contributed by atoms with Crippen LogP contribution in [-0.4, -0.2) is 19.0 Å². The van der Waals surface area contributed by atoms with Crippen molar-refractivity contribution in [2.24, 2.45) is 5.41 Å². The number of rotatable bonds is 4. The molecular weight excluding hydrogens is 295 g/mol. The molecule has 0 bridgehead atoms. The van der Waals surface area contributed by atoms with E-state index in [9.17, 15) is 4.79 Å².